The molecule has 1 aliphatic rings. The van der Waals surface area contributed by atoms with Crippen molar-refractivity contribution in [3.05, 3.63) is 67.3 Å². The van der Waals surface area contributed by atoms with Crippen LogP contribution in [0.2, 0.25) is 0 Å². The van der Waals surface area contributed by atoms with Crippen LogP contribution in [0.4, 0.5) is 4.39 Å². The van der Waals surface area contributed by atoms with E-state index in [1.165, 1.54) is 31.0 Å². The Morgan fingerprint density at radius 1 is 1.17 bits per heavy atom. The van der Waals surface area contributed by atoms with Crippen LogP contribution in [0.25, 0.3) is 23.1 Å². The summed E-state index contributed by atoms with van der Waals surface area (Å²) in [4.78, 5) is 12.6. The first-order valence-electron chi connectivity index (χ1n) is 9.50. The van der Waals surface area contributed by atoms with Crippen molar-refractivity contribution in [1.29, 1.82) is 0 Å². The highest BCUT2D eigenvalue weighted by Crippen LogP contribution is 2.36. The van der Waals surface area contributed by atoms with E-state index in [9.17, 15) is 9.18 Å². The van der Waals surface area contributed by atoms with E-state index in [1.54, 1.807) is 13.2 Å². The normalized spacial score (nSPS) is 14.7. The van der Waals surface area contributed by atoms with Crippen molar-refractivity contribution >= 4 is 45.7 Å². The quantitative estimate of drug-likeness (QED) is 0.396. The first-order valence-corrected chi connectivity index (χ1v) is 10.6. The topological polar surface area (TPSA) is 48.7 Å². The molecule has 0 amide bonds. The van der Waals surface area contributed by atoms with Crippen molar-refractivity contribution < 1.29 is 18.3 Å². The molecule has 1 fully saturated rings. The van der Waals surface area contributed by atoms with E-state index in [-0.39, 0.29) is 17.1 Å². The highest BCUT2D eigenvalue weighted by atomic mass is 127. The number of fused-ring (bicyclic) bond motifs is 1. The summed E-state index contributed by atoms with van der Waals surface area (Å²) in [5, 5.41) is 0.361. The molecule has 0 saturated heterocycles. The molecule has 0 aliphatic heterocycles. The third-order valence-electron chi connectivity index (χ3n) is 5.05. The maximum atomic E-state index is 13.6. The summed E-state index contributed by atoms with van der Waals surface area (Å²) < 4.78 is 31.5. The van der Waals surface area contributed by atoms with Gasteiger partial charge in [0.15, 0.2) is 11.5 Å². The minimum atomic E-state index is -0.447. The largest absolute Gasteiger partial charge is 0.493 e. The van der Waals surface area contributed by atoms with E-state index >= 15 is 0 Å². The van der Waals surface area contributed by atoms with Gasteiger partial charge in [-0.1, -0.05) is 12.1 Å². The Balaban J connectivity index is 1.74. The lowest BCUT2D eigenvalue weighted by Crippen LogP contribution is -2.12. The van der Waals surface area contributed by atoms with Crippen molar-refractivity contribution in [1.82, 2.24) is 0 Å². The molecule has 0 bridgehead atoms. The summed E-state index contributed by atoms with van der Waals surface area (Å²) >= 11 is 1.96. The number of hydrogen-bond acceptors (Lipinski definition) is 4. The molecular weight excluding hydrogens is 486 g/mol. The average Bonchev–Trinajstić information content (AvgIpc) is 3.23. The van der Waals surface area contributed by atoms with Gasteiger partial charge in [-0.05, 0) is 78.6 Å². The second kappa shape index (κ2) is 8.57. The lowest BCUT2D eigenvalue weighted by atomic mass is 10.1. The van der Waals surface area contributed by atoms with Gasteiger partial charge in [0.2, 0.25) is 5.43 Å². The average molecular weight is 506 g/mol. The molecule has 1 saturated carbocycles. The molecule has 2 aromatic carbocycles. The Morgan fingerprint density at radius 3 is 2.72 bits per heavy atom. The predicted octanol–water partition coefficient (Wildman–Crippen LogP) is 6.04. The van der Waals surface area contributed by atoms with Crippen LogP contribution in [0.3, 0.4) is 0 Å². The molecular formula is C23H20FIO4. The molecule has 1 heterocycles. The fourth-order valence-electron chi connectivity index (χ4n) is 3.56. The van der Waals surface area contributed by atoms with E-state index in [0.29, 0.717) is 26.2 Å². The van der Waals surface area contributed by atoms with Gasteiger partial charge in [-0.15, -0.1) is 0 Å². The van der Waals surface area contributed by atoms with Crippen LogP contribution >= 0.6 is 22.6 Å². The van der Waals surface area contributed by atoms with Crippen molar-refractivity contribution in [2.45, 2.75) is 31.8 Å². The van der Waals surface area contributed by atoms with Gasteiger partial charge in [0, 0.05) is 11.6 Å². The monoisotopic (exact) mass is 506 g/mol. The van der Waals surface area contributed by atoms with E-state index in [1.807, 2.05) is 46.9 Å². The van der Waals surface area contributed by atoms with Crippen LogP contribution in [0.5, 0.6) is 11.5 Å². The van der Waals surface area contributed by atoms with Gasteiger partial charge in [-0.25, -0.2) is 4.39 Å². The Morgan fingerprint density at radius 2 is 1.97 bits per heavy atom. The highest BCUT2D eigenvalue weighted by Gasteiger charge is 2.20. The fourth-order valence-corrected chi connectivity index (χ4v) is 4.14. The zero-order valence-electron chi connectivity index (χ0n) is 15.9. The zero-order chi connectivity index (χ0) is 20.4. The molecule has 0 atom stereocenters. The van der Waals surface area contributed by atoms with Gasteiger partial charge in [-0.2, -0.15) is 0 Å². The molecule has 0 spiro atoms. The van der Waals surface area contributed by atoms with Crippen molar-refractivity contribution in [3.63, 3.8) is 0 Å². The second-order valence-electron chi connectivity index (χ2n) is 6.99. The molecule has 4 nitrogen and oxygen atoms in total. The van der Waals surface area contributed by atoms with Crippen LogP contribution in [0.1, 0.15) is 37.0 Å². The number of rotatable bonds is 5. The summed E-state index contributed by atoms with van der Waals surface area (Å²) in [5.41, 5.74) is 0.872. The van der Waals surface area contributed by atoms with Gasteiger partial charge in [0.25, 0.3) is 0 Å². The Kier molecular flexibility index (Phi) is 5.89. The number of benzene rings is 2. The Labute approximate surface area is 181 Å². The standard InChI is InChI=1S/C23H20FIO4/c1-27-19-8-4-5-14(23(19)28-16-6-2-3-7-16)9-12-18-21(25)22(26)17-11-10-15(24)13-20(17)29-18/h4-5,8-13,16H,2-3,6-7H2,1H3/b12-9+. The molecule has 29 heavy (non-hydrogen) atoms. The van der Waals surface area contributed by atoms with Gasteiger partial charge >= 0.3 is 0 Å². The van der Waals surface area contributed by atoms with Crippen LogP contribution in [0.15, 0.2) is 45.6 Å². The van der Waals surface area contributed by atoms with Crippen LogP contribution in [0, 0.1) is 9.39 Å². The number of methoxy groups -OCH3 is 1. The highest BCUT2D eigenvalue weighted by molar-refractivity contribution is 14.1. The first-order chi connectivity index (χ1) is 14.1. The smallest absolute Gasteiger partial charge is 0.206 e. The summed E-state index contributed by atoms with van der Waals surface area (Å²) in [7, 11) is 1.62. The molecule has 0 unspecified atom stereocenters. The molecule has 1 aromatic heterocycles. The molecule has 3 aromatic rings. The van der Waals surface area contributed by atoms with Crippen molar-refractivity contribution in [2.75, 3.05) is 7.11 Å². The SMILES string of the molecule is COc1cccc(/C=C/c2oc3cc(F)ccc3c(=O)c2I)c1OC1CCCC1. The number of hydrogen-bond donors (Lipinski definition) is 0. The lowest BCUT2D eigenvalue weighted by Gasteiger charge is -2.18. The van der Waals surface area contributed by atoms with Crippen molar-refractivity contribution in [3.8, 4) is 11.5 Å². The van der Waals surface area contributed by atoms with E-state index in [0.717, 1.165) is 18.4 Å². The van der Waals surface area contributed by atoms with Crippen LogP contribution < -0.4 is 14.9 Å². The second-order valence-corrected chi connectivity index (χ2v) is 8.06. The van der Waals surface area contributed by atoms with E-state index in [4.69, 9.17) is 13.9 Å². The molecule has 0 radical (unpaired) electrons. The van der Waals surface area contributed by atoms with E-state index in [2.05, 4.69) is 0 Å². The summed E-state index contributed by atoms with van der Waals surface area (Å²) in [6, 6.07) is 9.61. The maximum Gasteiger partial charge on any atom is 0.206 e. The van der Waals surface area contributed by atoms with Gasteiger partial charge in [-0.3, -0.25) is 4.79 Å². The predicted molar refractivity (Wildman–Crippen MR) is 120 cm³/mol. The summed E-state index contributed by atoms with van der Waals surface area (Å²) in [6.07, 6.45) is 8.13. The minimum Gasteiger partial charge on any atom is -0.493 e. The summed E-state index contributed by atoms with van der Waals surface area (Å²) in [6.45, 7) is 0. The van der Waals surface area contributed by atoms with Crippen LogP contribution in [-0.2, 0) is 0 Å². The van der Waals surface area contributed by atoms with Crippen LogP contribution in [-0.4, -0.2) is 13.2 Å². The minimum absolute atomic E-state index is 0.181. The number of para-hydroxylation sites is 1. The van der Waals surface area contributed by atoms with Gasteiger partial charge < -0.3 is 13.9 Å². The third-order valence-corrected chi connectivity index (χ3v) is 6.08. The summed E-state index contributed by atoms with van der Waals surface area (Å²) in [5.74, 6) is 1.28. The molecule has 150 valence electrons. The maximum absolute atomic E-state index is 13.6. The zero-order valence-corrected chi connectivity index (χ0v) is 18.1. The van der Waals surface area contributed by atoms with Gasteiger partial charge in [0.1, 0.15) is 20.7 Å². The molecule has 0 N–H and O–H groups in total. The Hall–Kier alpha value is -2.35. The lowest BCUT2D eigenvalue weighted by molar-refractivity contribution is 0.200. The molecule has 6 heteroatoms. The van der Waals surface area contributed by atoms with Crippen molar-refractivity contribution in [2.24, 2.45) is 0 Å². The van der Waals surface area contributed by atoms with Gasteiger partial charge in [0.05, 0.1) is 18.6 Å². The van der Waals surface area contributed by atoms with E-state index < -0.39 is 5.82 Å². The molecule has 4 rings (SSSR count). The number of halogens is 2. The molecule has 1 aliphatic carbocycles. The third kappa shape index (κ3) is 4.17. The number of ether oxygens (including phenoxy) is 2. The Bertz CT molecular complexity index is 1130. The first kappa shape index (κ1) is 19.9. The fraction of sp³-hybridized carbons (Fsp3) is 0.261.